The lowest BCUT2D eigenvalue weighted by molar-refractivity contribution is -0.122. The van der Waals surface area contributed by atoms with Gasteiger partial charge in [-0.3, -0.25) is 9.59 Å². The summed E-state index contributed by atoms with van der Waals surface area (Å²) >= 11 is 0. The van der Waals surface area contributed by atoms with Gasteiger partial charge < -0.3 is 16.0 Å². The summed E-state index contributed by atoms with van der Waals surface area (Å²) < 4.78 is 26.1. The Morgan fingerprint density at radius 2 is 1.85 bits per heavy atom. The van der Waals surface area contributed by atoms with Crippen LogP contribution in [0.4, 0.5) is 11.5 Å². The molecular weight excluding hydrogens is 452 g/mol. The van der Waals surface area contributed by atoms with Crippen molar-refractivity contribution in [3.05, 3.63) is 47.7 Å². The number of nitrogens with one attached hydrogen (secondary N) is 1. The van der Waals surface area contributed by atoms with Crippen molar-refractivity contribution in [1.29, 1.82) is 0 Å². The number of pyridine rings is 1. The molecule has 34 heavy (non-hydrogen) atoms. The van der Waals surface area contributed by atoms with Gasteiger partial charge in [0.25, 0.3) is 0 Å². The molecule has 3 N–H and O–H groups in total. The SMILES string of the molecule is Cc1ccc(C)c(S(=O)(=O)C2(C(=O)Nc3ccc(N4CCCC(C(N)=O)C4)nc3)CCCC2)c1. The lowest BCUT2D eigenvalue weighted by atomic mass is 9.97. The number of benzene rings is 1. The summed E-state index contributed by atoms with van der Waals surface area (Å²) in [5, 5.41) is 2.82. The van der Waals surface area contributed by atoms with Crippen LogP contribution in [0.3, 0.4) is 0 Å². The van der Waals surface area contributed by atoms with Gasteiger partial charge in [0, 0.05) is 13.1 Å². The molecule has 1 saturated carbocycles. The molecule has 9 heteroatoms. The highest BCUT2D eigenvalue weighted by Gasteiger charge is 2.53. The number of nitrogens with zero attached hydrogens (tertiary/aromatic N) is 2. The number of amides is 2. The van der Waals surface area contributed by atoms with Crippen LogP contribution < -0.4 is 16.0 Å². The Labute approximate surface area is 200 Å². The number of aromatic nitrogens is 1. The van der Waals surface area contributed by atoms with Crippen molar-refractivity contribution in [2.45, 2.75) is 62.0 Å². The molecule has 0 radical (unpaired) electrons. The van der Waals surface area contributed by atoms with Crippen LogP contribution >= 0.6 is 0 Å². The molecular formula is C25H32N4O4S. The first-order valence-electron chi connectivity index (χ1n) is 11.8. The Hall–Kier alpha value is -2.94. The van der Waals surface area contributed by atoms with E-state index in [2.05, 4.69) is 10.3 Å². The van der Waals surface area contributed by atoms with E-state index in [0.29, 0.717) is 49.3 Å². The van der Waals surface area contributed by atoms with Gasteiger partial charge in [-0.05, 0) is 68.9 Å². The van der Waals surface area contributed by atoms with Crippen molar-refractivity contribution < 1.29 is 18.0 Å². The molecule has 0 spiro atoms. The van der Waals surface area contributed by atoms with Gasteiger partial charge in [-0.25, -0.2) is 13.4 Å². The molecule has 2 amide bonds. The average molecular weight is 485 g/mol. The molecule has 1 aromatic carbocycles. The second-order valence-electron chi connectivity index (χ2n) is 9.52. The van der Waals surface area contributed by atoms with Crippen LogP contribution in [-0.4, -0.2) is 43.1 Å². The molecule has 2 fully saturated rings. The highest BCUT2D eigenvalue weighted by atomic mass is 32.2. The van der Waals surface area contributed by atoms with E-state index in [1.54, 1.807) is 31.2 Å². The summed E-state index contributed by atoms with van der Waals surface area (Å²) in [5.41, 5.74) is 7.40. The largest absolute Gasteiger partial charge is 0.369 e. The molecule has 2 aliphatic rings. The Balaban J connectivity index is 1.56. The lowest BCUT2D eigenvalue weighted by Crippen LogP contribution is -2.47. The van der Waals surface area contributed by atoms with Crippen molar-refractivity contribution in [3.63, 3.8) is 0 Å². The number of nitrogens with two attached hydrogens (primary N) is 1. The van der Waals surface area contributed by atoms with Crippen LogP contribution in [0, 0.1) is 19.8 Å². The zero-order chi connectivity index (χ0) is 24.5. The standard InChI is InChI=1S/C25H32N4O4S/c1-17-7-8-18(2)21(14-17)34(32,33)25(11-3-4-12-25)24(31)28-20-9-10-22(27-15-20)29-13-5-6-19(16-29)23(26)30/h7-10,14-15,19H,3-6,11-13,16H2,1-2H3,(H2,26,30)(H,28,31). The van der Waals surface area contributed by atoms with Crippen LogP contribution in [-0.2, 0) is 19.4 Å². The second-order valence-corrected chi connectivity index (χ2v) is 11.7. The van der Waals surface area contributed by atoms with E-state index in [9.17, 15) is 18.0 Å². The number of hydrogen-bond acceptors (Lipinski definition) is 6. The van der Waals surface area contributed by atoms with E-state index < -0.39 is 20.5 Å². The number of sulfone groups is 1. The quantitative estimate of drug-likeness (QED) is 0.650. The maximum Gasteiger partial charge on any atom is 0.246 e. The predicted molar refractivity (Wildman–Crippen MR) is 131 cm³/mol. The molecule has 1 saturated heterocycles. The van der Waals surface area contributed by atoms with Gasteiger partial charge in [-0.2, -0.15) is 0 Å². The molecule has 182 valence electrons. The average Bonchev–Trinajstić information content (AvgIpc) is 3.33. The molecule has 1 aliphatic heterocycles. The van der Waals surface area contributed by atoms with Gasteiger partial charge >= 0.3 is 0 Å². The predicted octanol–water partition coefficient (Wildman–Crippen LogP) is 3.13. The van der Waals surface area contributed by atoms with Gasteiger partial charge in [0.05, 0.1) is 22.7 Å². The van der Waals surface area contributed by atoms with Crippen LogP contribution in [0.25, 0.3) is 0 Å². The number of hydrogen-bond donors (Lipinski definition) is 2. The number of rotatable bonds is 6. The van der Waals surface area contributed by atoms with Gasteiger partial charge in [0.2, 0.25) is 11.8 Å². The van der Waals surface area contributed by atoms with Gasteiger partial charge in [0.15, 0.2) is 14.6 Å². The topological polar surface area (TPSA) is 122 Å². The summed E-state index contributed by atoms with van der Waals surface area (Å²) in [7, 11) is -3.90. The molecule has 1 atom stereocenters. The van der Waals surface area contributed by atoms with E-state index in [4.69, 9.17) is 5.73 Å². The highest BCUT2D eigenvalue weighted by molar-refractivity contribution is 7.93. The molecule has 2 heterocycles. The van der Waals surface area contributed by atoms with E-state index >= 15 is 0 Å². The van der Waals surface area contributed by atoms with Crippen LogP contribution in [0.15, 0.2) is 41.4 Å². The minimum atomic E-state index is -3.90. The van der Waals surface area contributed by atoms with Crippen molar-refractivity contribution >= 4 is 33.2 Å². The molecule has 4 rings (SSSR count). The number of aryl methyl sites for hydroxylation is 2. The lowest BCUT2D eigenvalue weighted by Gasteiger charge is -2.32. The first kappa shape index (κ1) is 24.2. The first-order chi connectivity index (χ1) is 16.1. The monoisotopic (exact) mass is 484 g/mol. The van der Waals surface area contributed by atoms with Crippen LogP contribution in [0.1, 0.15) is 49.7 Å². The Morgan fingerprint density at radius 1 is 1.12 bits per heavy atom. The van der Waals surface area contributed by atoms with Crippen molar-refractivity contribution in [2.24, 2.45) is 11.7 Å². The van der Waals surface area contributed by atoms with E-state index in [1.165, 1.54) is 6.20 Å². The second kappa shape index (κ2) is 9.37. The minimum absolute atomic E-state index is 0.201. The third-order valence-corrected chi connectivity index (χ3v) is 9.77. The van der Waals surface area contributed by atoms with Gasteiger partial charge in [-0.15, -0.1) is 0 Å². The smallest absolute Gasteiger partial charge is 0.246 e. The molecule has 1 aromatic heterocycles. The fraction of sp³-hybridized carbons (Fsp3) is 0.480. The van der Waals surface area contributed by atoms with E-state index in [-0.39, 0.29) is 16.7 Å². The maximum absolute atomic E-state index is 13.8. The Kier molecular flexibility index (Phi) is 6.66. The van der Waals surface area contributed by atoms with E-state index in [0.717, 1.165) is 24.9 Å². The van der Waals surface area contributed by atoms with Gasteiger partial charge in [-0.1, -0.05) is 25.0 Å². The molecule has 1 unspecified atom stereocenters. The minimum Gasteiger partial charge on any atom is -0.369 e. The van der Waals surface area contributed by atoms with E-state index in [1.807, 2.05) is 17.9 Å². The summed E-state index contributed by atoms with van der Waals surface area (Å²) in [4.78, 5) is 31.7. The zero-order valence-corrected chi connectivity index (χ0v) is 20.5. The van der Waals surface area contributed by atoms with Crippen molar-refractivity contribution in [3.8, 4) is 0 Å². The molecule has 8 nitrogen and oxygen atoms in total. The zero-order valence-electron chi connectivity index (χ0n) is 19.7. The van der Waals surface area contributed by atoms with Crippen LogP contribution in [0.5, 0.6) is 0 Å². The van der Waals surface area contributed by atoms with Crippen molar-refractivity contribution in [2.75, 3.05) is 23.3 Å². The van der Waals surface area contributed by atoms with Gasteiger partial charge in [0.1, 0.15) is 5.82 Å². The number of piperidine rings is 1. The van der Waals surface area contributed by atoms with Crippen LogP contribution in [0.2, 0.25) is 0 Å². The number of anilines is 2. The summed E-state index contributed by atoms with van der Waals surface area (Å²) in [6.45, 7) is 4.91. The van der Waals surface area contributed by atoms with Crippen molar-refractivity contribution in [1.82, 2.24) is 4.98 Å². The fourth-order valence-electron chi connectivity index (χ4n) is 5.08. The maximum atomic E-state index is 13.8. The normalized spacial score (nSPS) is 20.2. The molecule has 0 bridgehead atoms. The third kappa shape index (κ3) is 4.41. The first-order valence-corrected chi connectivity index (χ1v) is 13.3. The Bertz CT molecular complexity index is 1190. The number of carbonyl (C=O) groups excluding carboxylic acids is 2. The summed E-state index contributed by atoms with van der Waals surface area (Å²) in [5.74, 6) is -0.317. The molecule has 1 aliphatic carbocycles. The highest BCUT2D eigenvalue weighted by Crippen LogP contribution is 2.42. The third-order valence-electron chi connectivity index (χ3n) is 7.13. The summed E-state index contributed by atoms with van der Waals surface area (Å²) in [6, 6.07) is 8.82. The fourth-order valence-corrected chi connectivity index (χ4v) is 7.46. The number of carbonyl (C=O) groups is 2. The molecule has 2 aromatic rings. The summed E-state index contributed by atoms with van der Waals surface area (Å²) in [6.07, 6.45) is 5.12. The Morgan fingerprint density at radius 3 is 2.50 bits per heavy atom. The number of primary amides is 1.